The Morgan fingerprint density at radius 2 is 1.89 bits per heavy atom. The van der Waals surface area contributed by atoms with E-state index >= 15 is 4.39 Å². The SMILES string of the molecule is CCC1CNCC[C@H](C)Oc2nc(-c3cc(N)c(F)c(C)c3C(F)(F)F)c(F)c3nc(OC[C@@]45CCCC4CC[C@H](F)C5)nc(c23)N1. The second kappa shape index (κ2) is 12.8. The van der Waals surface area contributed by atoms with Crippen LogP contribution in [0.1, 0.15) is 76.3 Å². The van der Waals surface area contributed by atoms with Gasteiger partial charge in [-0.3, -0.25) is 0 Å². The Morgan fingerprint density at radius 1 is 1.11 bits per heavy atom. The molecule has 0 spiro atoms. The third-order valence-corrected chi connectivity index (χ3v) is 10.1. The molecule has 0 saturated heterocycles. The fourth-order valence-electron chi connectivity index (χ4n) is 7.56. The van der Waals surface area contributed by atoms with Crippen LogP contribution in [0.2, 0.25) is 0 Å². The lowest BCUT2D eigenvalue weighted by atomic mass is 9.68. The summed E-state index contributed by atoms with van der Waals surface area (Å²) in [6.45, 7) is 5.89. The molecule has 8 nitrogen and oxygen atoms in total. The van der Waals surface area contributed by atoms with Crippen LogP contribution in [-0.2, 0) is 6.18 Å². The fraction of sp³-hybridized carbons (Fsp3) is 0.606. The van der Waals surface area contributed by atoms with E-state index in [1.54, 1.807) is 6.92 Å². The maximum atomic E-state index is 16.8. The molecule has 256 valence electrons. The van der Waals surface area contributed by atoms with Crippen molar-refractivity contribution in [3.05, 3.63) is 28.8 Å². The number of nitrogens with two attached hydrogens (primary N) is 1. The molecular formula is C33H40F6N6O2. The highest BCUT2D eigenvalue weighted by Crippen LogP contribution is 2.53. The summed E-state index contributed by atoms with van der Waals surface area (Å²) in [5.41, 5.74) is 0.691. The number of nitrogens with one attached hydrogen (secondary N) is 2. The quantitative estimate of drug-likeness (QED) is 0.190. The topological polar surface area (TPSA) is 107 Å². The molecule has 1 aromatic carbocycles. The molecule has 2 aliphatic carbocycles. The Balaban J connectivity index is 1.56. The molecule has 3 aromatic rings. The summed E-state index contributed by atoms with van der Waals surface area (Å²) in [5.74, 6) is -2.22. The fourth-order valence-corrected chi connectivity index (χ4v) is 7.56. The first-order chi connectivity index (χ1) is 22.3. The van der Waals surface area contributed by atoms with Crippen molar-refractivity contribution in [1.82, 2.24) is 20.3 Å². The molecule has 0 radical (unpaired) electrons. The molecule has 2 unspecified atom stereocenters. The van der Waals surface area contributed by atoms with E-state index in [0.29, 0.717) is 38.8 Å². The summed E-state index contributed by atoms with van der Waals surface area (Å²) >= 11 is 0. The summed E-state index contributed by atoms with van der Waals surface area (Å²) in [4.78, 5) is 13.3. The third kappa shape index (κ3) is 6.37. The molecule has 2 aromatic heterocycles. The van der Waals surface area contributed by atoms with Gasteiger partial charge in [-0.15, -0.1) is 0 Å². The summed E-state index contributed by atoms with van der Waals surface area (Å²) in [5, 5.41) is 6.70. The first-order valence-electron chi connectivity index (χ1n) is 16.3. The number of benzene rings is 1. The monoisotopic (exact) mass is 666 g/mol. The van der Waals surface area contributed by atoms with Crippen LogP contribution in [0, 0.1) is 29.9 Å². The number of aromatic nitrogens is 3. The number of anilines is 2. The van der Waals surface area contributed by atoms with Crippen LogP contribution in [0.25, 0.3) is 22.2 Å². The van der Waals surface area contributed by atoms with Crippen LogP contribution in [0.15, 0.2) is 6.07 Å². The third-order valence-electron chi connectivity index (χ3n) is 10.1. The van der Waals surface area contributed by atoms with Crippen LogP contribution in [-0.4, -0.2) is 53.0 Å². The van der Waals surface area contributed by atoms with Gasteiger partial charge in [-0.25, -0.2) is 18.2 Å². The Morgan fingerprint density at radius 3 is 2.64 bits per heavy atom. The maximum Gasteiger partial charge on any atom is 0.417 e. The molecule has 2 fully saturated rings. The number of hydrogen-bond acceptors (Lipinski definition) is 8. The van der Waals surface area contributed by atoms with Gasteiger partial charge in [0.15, 0.2) is 5.82 Å². The van der Waals surface area contributed by atoms with Crippen molar-refractivity contribution in [1.29, 1.82) is 0 Å². The van der Waals surface area contributed by atoms with Gasteiger partial charge in [0.2, 0.25) is 5.88 Å². The van der Waals surface area contributed by atoms with Gasteiger partial charge in [-0.1, -0.05) is 13.3 Å². The van der Waals surface area contributed by atoms with E-state index < -0.39 is 63.6 Å². The van der Waals surface area contributed by atoms with E-state index in [4.69, 9.17) is 15.2 Å². The predicted molar refractivity (Wildman–Crippen MR) is 166 cm³/mol. The number of halogens is 6. The van der Waals surface area contributed by atoms with E-state index in [-0.39, 0.29) is 47.2 Å². The highest BCUT2D eigenvalue weighted by atomic mass is 19.4. The van der Waals surface area contributed by atoms with Gasteiger partial charge in [-0.05, 0) is 82.9 Å². The summed E-state index contributed by atoms with van der Waals surface area (Å²) in [7, 11) is 0. The van der Waals surface area contributed by atoms with Crippen molar-refractivity contribution in [3.8, 4) is 23.1 Å². The lowest BCUT2D eigenvalue weighted by Crippen LogP contribution is -2.39. The molecule has 47 heavy (non-hydrogen) atoms. The zero-order valence-electron chi connectivity index (χ0n) is 26.7. The molecule has 5 atom stereocenters. The normalized spacial score (nSPS) is 26.7. The van der Waals surface area contributed by atoms with Crippen molar-refractivity contribution in [3.63, 3.8) is 0 Å². The van der Waals surface area contributed by atoms with E-state index in [9.17, 15) is 22.0 Å². The van der Waals surface area contributed by atoms with Crippen molar-refractivity contribution < 1.29 is 35.8 Å². The van der Waals surface area contributed by atoms with Crippen molar-refractivity contribution in [2.45, 2.75) is 96.6 Å². The Hall–Kier alpha value is -3.55. The number of nitrogen functional groups attached to an aromatic ring is 1. The number of rotatable bonds is 5. The Kier molecular flexibility index (Phi) is 9.09. The summed E-state index contributed by atoms with van der Waals surface area (Å²) in [6, 6.07) is 0.346. The van der Waals surface area contributed by atoms with Gasteiger partial charge in [0.25, 0.3) is 0 Å². The smallest absolute Gasteiger partial charge is 0.417 e. The number of fused-ring (bicyclic) bond motifs is 1. The molecule has 4 N–H and O–H groups in total. The minimum absolute atomic E-state index is 0.0320. The zero-order valence-corrected chi connectivity index (χ0v) is 26.7. The molecular weight excluding hydrogens is 626 g/mol. The average molecular weight is 667 g/mol. The minimum atomic E-state index is -5.07. The van der Waals surface area contributed by atoms with Gasteiger partial charge < -0.3 is 25.8 Å². The highest BCUT2D eigenvalue weighted by Gasteiger charge is 2.48. The number of ether oxygens (including phenoxy) is 2. The largest absolute Gasteiger partial charge is 0.474 e. The minimum Gasteiger partial charge on any atom is -0.474 e. The molecule has 0 bridgehead atoms. The predicted octanol–water partition coefficient (Wildman–Crippen LogP) is 7.52. The average Bonchev–Trinajstić information content (AvgIpc) is 3.42. The van der Waals surface area contributed by atoms with Gasteiger partial charge in [0.05, 0.1) is 24.0 Å². The van der Waals surface area contributed by atoms with Crippen LogP contribution in [0.5, 0.6) is 11.9 Å². The van der Waals surface area contributed by atoms with Crippen LogP contribution in [0.4, 0.5) is 37.8 Å². The van der Waals surface area contributed by atoms with Gasteiger partial charge in [0.1, 0.15) is 34.4 Å². The second-order valence-electron chi connectivity index (χ2n) is 13.3. The molecule has 3 heterocycles. The molecule has 14 heteroatoms. The van der Waals surface area contributed by atoms with Gasteiger partial charge in [-0.2, -0.15) is 23.1 Å². The van der Waals surface area contributed by atoms with E-state index in [0.717, 1.165) is 38.7 Å². The molecule has 0 amide bonds. The summed E-state index contributed by atoms with van der Waals surface area (Å²) in [6.07, 6.45) is -1.02. The van der Waals surface area contributed by atoms with E-state index in [1.807, 2.05) is 6.92 Å². The molecule has 6 rings (SSSR count). The zero-order chi connectivity index (χ0) is 33.7. The first-order valence-corrected chi connectivity index (χ1v) is 16.3. The van der Waals surface area contributed by atoms with Crippen molar-refractivity contribution >= 4 is 22.4 Å². The van der Waals surface area contributed by atoms with Crippen LogP contribution < -0.4 is 25.8 Å². The summed E-state index contributed by atoms with van der Waals surface area (Å²) < 4.78 is 102. The second-order valence-corrected chi connectivity index (χ2v) is 13.3. The van der Waals surface area contributed by atoms with E-state index in [1.165, 1.54) is 0 Å². The van der Waals surface area contributed by atoms with Crippen molar-refractivity contribution in [2.75, 3.05) is 30.7 Å². The number of hydrogen-bond donors (Lipinski definition) is 3. The van der Waals surface area contributed by atoms with Gasteiger partial charge >= 0.3 is 12.2 Å². The molecule has 3 aliphatic rings. The Labute approximate surface area is 269 Å². The van der Waals surface area contributed by atoms with Gasteiger partial charge in [0, 0.05) is 23.6 Å². The van der Waals surface area contributed by atoms with Crippen LogP contribution >= 0.6 is 0 Å². The van der Waals surface area contributed by atoms with Crippen molar-refractivity contribution in [2.24, 2.45) is 11.3 Å². The van der Waals surface area contributed by atoms with Crippen LogP contribution in [0.3, 0.4) is 0 Å². The maximum absolute atomic E-state index is 16.8. The highest BCUT2D eigenvalue weighted by molar-refractivity contribution is 5.97. The Bertz CT molecular complexity index is 1650. The standard InChI is InChI=1S/C33H40F6N6O2/c1-4-20-14-41-11-9-16(2)47-30-23-28(26(36)27(43-30)21-12-22(40)25(35)17(3)24(21)33(37,38)39)44-31(45-29(23)42-20)46-15-32-10-5-6-18(32)7-8-19(34)13-32/h12,16,18-20,41H,4-11,13-15,40H2,1-3H3,(H,42,44,45)/t16-,18?,19-,20?,32-/m0/s1. The lowest BCUT2D eigenvalue weighted by Gasteiger charge is -2.40. The number of nitrogens with zero attached hydrogens (tertiary/aromatic N) is 3. The lowest BCUT2D eigenvalue weighted by molar-refractivity contribution is -0.137. The van der Waals surface area contributed by atoms with E-state index in [2.05, 4.69) is 25.6 Å². The number of alkyl halides is 4. The molecule has 2 saturated carbocycles. The number of pyridine rings is 1. The first kappa shape index (κ1) is 33.4. The molecule has 1 aliphatic heterocycles.